The summed E-state index contributed by atoms with van der Waals surface area (Å²) in [6, 6.07) is 8.18. The number of sulfone groups is 1. The third kappa shape index (κ3) is 8.69. The molecule has 0 aliphatic heterocycles. The van der Waals surface area contributed by atoms with Crippen molar-refractivity contribution in [3.05, 3.63) is 35.4 Å². The maximum absolute atomic E-state index is 12.8. The number of nitrogens with one attached hydrogen (secondary N) is 1. The zero-order valence-corrected chi connectivity index (χ0v) is 20.1. The highest BCUT2D eigenvalue weighted by Crippen LogP contribution is 2.28. The van der Waals surface area contributed by atoms with Crippen LogP contribution in [0.15, 0.2) is 24.3 Å². The molecule has 0 spiro atoms. The average molecular weight is 448 g/mol. The Kier molecular flexibility index (Phi) is 9.58. The summed E-state index contributed by atoms with van der Waals surface area (Å²) in [5, 5.41) is 3.61. The van der Waals surface area contributed by atoms with E-state index in [9.17, 15) is 13.2 Å². The summed E-state index contributed by atoms with van der Waals surface area (Å²) in [6.45, 7) is 2.91. The second-order valence-electron chi connectivity index (χ2n) is 10.1. The molecule has 3 rings (SSSR count). The topological polar surface area (TPSA) is 63.2 Å². The Balaban J connectivity index is 1.50. The molecule has 2 saturated carbocycles. The molecule has 0 bridgehead atoms. The normalized spacial score (nSPS) is 19.9. The third-order valence-electron chi connectivity index (χ3n) is 7.17. The van der Waals surface area contributed by atoms with E-state index in [0.29, 0.717) is 24.9 Å². The van der Waals surface area contributed by atoms with Crippen molar-refractivity contribution < 1.29 is 13.2 Å². The lowest BCUT2D eigenvalue weighted by Crippen LogP contribution is -2.29. The SMILES string of the molecule is CC(CC1CCCCC1)NCc1ccccc1CS(=O)(=O)CC(=O)CC1CCCCC1. The van der Waals surface area contributed by atoms with Crippen LogP contribution >= 0.6 is 0 Å². The van der Waals surface area contributed by atoms with Crippen molar-refractivity contribution in [2.75, 3.05) is 5.75 Å². The minimum absolute atomic E-state index is 0.0434. The molecule has 2 fully saturated rings. The molecule has 2 aliphatic rings. The quantitative estimate of drug-likeness (QED) is 0.480. The first kappa shape index (κ1) is 24.4. The minimum atomic E-state index is -3.45. The van der Waals surface area contributed by atoms with Gasteiger partial charge in [-0.1, -0.05) is 88.5 Å². The third-order valence-corrected chi connectivity index (χ3v) is 8.68. The van der Waals surface area contributed by atoms with Gasteiger partial charge in [0.1, 0.15) is 11.5 Å². The van der Waals surface area contributed by atoms with E-state index in [-0.39, 0.29) is 17.3 Å². The minimum Gasteiger partial charge on any atom is -0.310 e. The number of rotatable bonds is 11. The van der Waals surface area contributed by atoms with Crippen molar-refractivity contribution in [2.24, 2.45) is 11.8 Å². The van der Waals surface area contributed by atoms with E-state index >= 15 is 0 Å². The van der Waals surface area contributed by atoms with E-state index in [1.54, 1.807) is 0 Å². The van der Waals surface area contributed by atoms with Gasteiger partial charge >= 0.3 is 0 Å². The molecule has 1 aromatic carbocycles. The molecule has 31 heavy (non-hydrogen) atoms. The monoisotopic (exact) mass is 447 g/mol. The maximum atomic E-state index is 12.8. The Bertz CT molecular complexity index is 793. The molecule has 174 valence electrons. The van der Waals surface area contributed by atoms with Crippen molar-refractivity contribution >= 4 is 15.6 Å². The highest BCUT2D eigenvalue weighted by molar-refractivity contribution is 7.91. The molecule has 1 N–H and O–H groups in total. The van der Waals surface area contributed by atoms with Crippen LogP contribution in [-0.4, -0.2) is 26.0 Å². The van der Waals surface area contributed by atoms with E-state index in [1.807, 2.05) is 24.3 Å². The van der Waals surface area contributed by atoms with Crippen molar-refractivity contribution in [1.29, 1.82) is 0 Å². The standard InChI is InChI=1S/C26H41NO3S/c1-21(16-22-10-4-2-5-11-22)27-18-24-14-8-9-15-25(24)19-31(29,30)20-26(28)17-23-12-6-3-7-13-23/h8-9,14-15,21-23,27H,2-7,10-13,16-20H2,1H3. The van der Waals surface area contributed by atoms with E-state index in [2.05, 4.69) is 12.2 Å². The van der Waals surface area contributed by atoms with Crippen molar-refractivity contribution in [2.45, 2.75) is 102 Å². The summed E-state index contributed by atoms with van der Waals surface area (Å²) >= 11 is 0. The highest BCUT2D eigenvalue weighted by atomic mass is 32.2. The average Bonchev–Trinajstić information content (AvgIpc) is 2.74. The predicted molar refractivity (Wildman–Crippen MR) is 128 cm³/mol. The molecule has 0 aromatic heterocycles. The van der Waals surface area contributed by atoms with Crippen LogP contribution in [0.2, 0.25) is 0 Å². The van der Waals surface area contributed by atoms with Gasteiger partial charge in [-0.3, -0.25) is 4.79 Å². The Hall–Kier alpha value is -1.20. The molecule has 0 saturated heterocycles. The molecule has 2 aliphatic carbocycles. The van der Waals surface area contributed by atoms with Gasteiger partial charge in [-0.2, -0.15) is 0 Å². The number of Topliss-reactive ketones (excluding diaryl/α,β-unsaturated/α-hetero) is 1. The van der Waals surface area contributed by atoms with E-state index < -0.39 is 9.84 Å². The smallest absolute Gasteiger partial charge is 0.161 e. The van der Waals surface area contributed by atoms with Crippen LogP contribution in [0.5, 0.6) is 0 Å². The number of benzene rings is 1. The second-order valence-corrected chi connectivity index (χ2v) is 12.1. The molecule has 4 nitrogen and oxygen atoms in total. The lowest BCUT2D eigenvalue weighted by atomic mass is 9.85. The van der Waals surface area contributed by atoms with Gasteiger partial charge in [-0.25, -0.2) is 8.42 Å². The molecule has 0 amide bonds. The highest BCUT2D eigenvalue weighted by Gasteiger charge is 2.23. The Morgan fingerprint density at radius 3 is 2.16 bits per heavy atom. The van der Waals surface area contributed by atoms with E-state index in [0.717, 1.165) is 29.9 Å². The molecular formula is C26H41NO3S. The largest absolute Gasteiger partial charge is 0.310 e. The van der Waals surface area contributed by atoms with Gasteiger partial charge in [0.15, 0.2) is 9.84 Å². The van der Waals surface area contributed by atoms with Gasteiger partial charge in [-0.15, -0.1) is 0 Å². The van der Waals surface area contributed by atoms with Crippen LogP contribution in [0.25, 0.3) is 0 Å². The summed E-state index contributed by atoms with van der Waals surface area (Å²) < 4.78 is 25.5. The fourth-order valence-electron chi connectivity index (χ4n) is 5.47. The first-order valence-electron chi connectivity index (χ1n) is 12.4. The fraction of sp³-hybridized carbons (Fsp3) is 0.731. The number of hydrogen-bond acceptors (Lipinski definition) is 4. The van der Waals surface area contributed by atoms with Gasteiger partial charge in [0.25, 0.3) is 0 Å². The van der Waals surface area contributed by atoms with E-state index in [4.69, 9.17) is 0 Å². The Labute approximate surface area is 189 Å². The predicted octanol–water partition coefficient (Wildman–Crippen LogP) is 5.59. The van der Waals surface area contributed by atoms with Crippen LogP contribution in [0.3, 0.4) is 0 Å². The van der Waals surface area contributed by atoms with Gasteiger partial charge in [0, 0.05) is 19.0 Å². The molecule has 0 heterocycles. The summed E-state index contributed by atoms with van der Waals surface area (Å²) in [5.74, 6) is 0.742. The molecule has 1 atom stereocenters. The number of carbonyl (C=O) groups excluding carboxylic acids is 1. The zero-order valence-electron chi connectivity index (χ0n) is 19.3. The van der Waals surface area contributed by atoms with Gasteiger partial charge in [0.05, 0.1) is 5.75 Å². The van der Waals surface area contributed by atoms with E-state index in [1.165, 1.54) is 57.8 Å². The van der Waals surface area contributed by atoms with Crippen molar-refractivity contribution in [3.63, 3.8) is 0 Å². The second kappa shape index (κ2) is 12.2. The van der Waals surface area contributed by atoms with Crippen molar-refractivity contribution in [3.8, 4) is 0 Å². The molecule has 5 heteroatoms. The van der Waals surface area contributed by atoms with Crippen LogP contribution < -0.4 is 5.32 Å². The Morgan fingerprint density at radius 1 is 0.935 bits per heavy atom. The Morgan fingerprint density at radius 2 is 1.52 bits per heavy atom. The van der Waals surface area contributed by atoms with Crippen LogP contribution in [0, 0.1) is 11.8 Å². The summed E-state index contributed by atoms with van der Waals surface area (Å²) in [7, 11) is -3.45. The maximum Gasteiger partial charge on any atom is 0.161 e. The first-order valence-corrected chi connectivity index (χ1v) is 14.3. The lowest BCUT2D eigenvalue weighted by molar-refractivity contribution is -0.117. The van der Waals surface area contributed by atoms with Gasteiger partial charge in [0.2, 0.25) is 0 Å². The number of carbonyl (C=O) groups is 1. The lowest BCUT2D eigenvalue weighted by Gasteiger charge is -2.25. The summed E-state index contributed by atoms with van der Waals surface area (Å²) in [6.07, 6.45) is 14.1. The number of ketones is 1. The number of hydrogen-bond donors (Lipinski definition) is 1. The molecule has 1 unspecified atom stereocenters. The summed E-state index contributed by atoms with van der Waals surface area (Å²) in [4.78, 5) is 12.4. The molecule has 0 radical (unpaired) electrons. The fourth-order valence-corrected chi connectivity index (χ4v) is 6.93. The molecule has 1 aromatic rings. The van der Waals surface area contributed by atoms with Crippen LogP contribution in [0.1, 0.15) is 95.1 Å². The van der Waals surface area contributed by atoms with Crippen LogP contribution in [-0.2, 0) is 26.9 Å². The summed E-state index contributed by atoms with van der Waals surface area (Å²) in [5.41, 5.74) is 1.85. The van der Waals surface area contributed by atoms with Crippen LogP contribution in [0.4, 0.5) is 0 Å². The van der Waals surface area contributed by atoms with Gasteiger partial charge < -0.3 is 5.32 Å². The first-order chi connectivity index (χ1) is 14.9. The van der Waals surface area contributed by atoms with Crippen molar-refractivity contribution in [1.82, 2.24) is 5.32 Å². The molecular weight excluding hydrogens is 406 g/mol. The zero-order chi connectivity index (χ0) is 22.1. The van der Waals surface area contributed by atoms with Gasteiger partial charge in [-0.05, 0) is 36.3 Å².